The van der Waals surface area contributed by atoms with Crippen molar-refractivity contribution in [2.45, 2.75) is 4.90 Å². The van der Waals surface area contributed by atoms with E-state index in [0.717, 1.165) is 0 Å². The van der Waals surface area contributed by atoms with Crippen molar-refractivity contribution in [1.29, 1.82) is 0 Å². The Balaban J connectivity index is 2.84. The molecule has 18 heavy (non-hydrogen) atoms. The van der Waals surface area contributed by atoms with Gasteiger partial charge in [-0.05, 0) is 25.2 Å². The van der Waals surface area contributed by atoms with Gasteiger partial charge in [-0.25, -0.2) is 13.1 Å². The summed E-state index contributed by atoms with van der Waals surface area (Å²) in [5.74, 6) is 0.510. The first kappa shape index (κ1) is 14.9. The second kappa shape index (κ2) is 6.17. The van der Waals surface area contributed by atoms with Crippen molar-refractivity contribution in [2.24, 2.45) is 0 Å². The number of nitrogens with one attached hydrogen (secondary N) is 2. The number of hydrogen-bond acceptors (Lipinski definition) is 5. The van der Waals surface area contributed by atoms with Crippen LogP contribution in [0.5, 0.6) is 0 Å². The highest BCUT2D eigenvalue weighted by atomic mass is 32.2. The van der Waals surface area contributed by atoms with E-state index in [1.165, 1.54) is 19.2 Å². The van der Waals surface area contributed by atoms with Gasteiger partial charge in [-0.3, -0.25) is 4.21 Å². The molecule has 0 aliphatic rings. The van der Waals surface area contributed by atoms with E-state index < -0.39 is 20.8 Å². The minimum absolute atomic E-state index is 0.118. The summed E-state index contributed by atoms with van der Waals surface area (Å²) in [6.45, 7) is 0.519. The summed E-state index contributed by atoms with van der Waals surface area (Å²) in [4.78, 5) is 0.118. The minimum atomic E-state index is -3.48. The SMILES string of the molecule is CNS(=O)(=O)c1ccc(NCCS(C)=O)c(N)c1. The molecular formula is C10H17N3O3S2. The number of rotatable bonds is 6. The van der Waals surface area contributed by atoms with Crippen molar-refractivity contribution in [3.05, 3.63) is 18.2 Å². The van der Waals surface area contributed by atoms with Crippen LogP contribution in [0.15, 0.2) is 23.1 Å². The van der Waals surface area contributed by atoms with Crippen LogP contribution in [0.3, 0.4) is 0 Å². The summed E-state index contributed by atoms with van der Waals surface area (Å²) in [7, 11) is -3.01. The zero-order valence-electron chi connectivity index (χ0n) is 10.3. The van der Waals surface area contributed by atoms with Gasteiger partial charge in [0.25, 0.3) is 0 Å². The van der Waals surface area contributed by atoms with Crippen LogP contribution in [0.25, 0.3) is 0 Å². The molecule has 1 atom stereocenters. The van der Waals surface area contributed by atoms with E-state index in [1.807, 2.05) is 0 Å². The number of anilines is 2. The maximum absolute atomic E-state index is 11.5. The van der Waals surface area contributed by atoms with E-state index in [2.05, 4.69) is 10.0 Å². The van der Waals surface area contributed by atoms with Crippen LogP contribution >= 0.6 is 0 Å². The fourth-order valence-electron chi connectivity index (χ4n) is 1.32. The van der Waals surface area contributed by atoms with E-state index in [9.17, 15) is 12.6 Å². The highest BCUT2D eigenvalue weighted by molar-refractivity contribution is 7.89. The monoisotopic (exact) mass is 291 g/mol. The minimum Gasteiger partial charge on any atom is -0.397 e. The van der Waals surface area contributed by atoms with Gasteiger partial charge >= 0.3 is 0 Å². The Hall–Kier alpha value is -1.12. The van der Waals surface area contributed by atoms with Gasteiger partial charge in [0.1, 0.15) is 0 Å². The quantitative estimate of drug-likeness (QED) is 0.639. The molecule has 0 amide bonds. The summed E-state index contributed by atoms with van der Waals surface area (Å²) in [6.07, 6.45) is 1.62. The largest absolute Gasteiger partial charge is 0.397 e. The van der Waals surface area contributed by atoms with E-state index in [0.29, 0.717) is 23.7 Å². The molecule has 4 N–H and O–H groups in total. The van der Waals surface area contributed by atoms with Crippen LogP contribution < -0.4 is 15.8 Å². The van der Waals surface area contributed by atoms with Crippen molar-refractivity contribution in [3.8, 4) is 0 Å². The molecule has 1 unspecified atom stereocenters. The Labute approximate surface area is 109 Å². The first-order valence-corrected chi connectivity index (χ1v) is 8.45. The molecule has 8 heteroatoms. The van der Waals surface area contributed by atoms with Crippen molar-refractivity contribution in [3.63, 3.8) is 0 Å². The summed E-state index contributed by atoms with van der Waals surface area (Å²) in [5, 5.41) is 3.01. The van der Waals surface area contributed by atoms with Gasteiger partial charge in [-0.2, -0.15) is 0 Å². The molecule has 0 radical (unpaired) electrons. The molecule has 0 heterocycles. The molecule has 0 aliphatic carbocycles. The highest BCUT2D eigenvalue weighted by Gasteiger charge is 2.12. The molecule has 0 saturated carbocycles. The first-order valence-electron chi connectivity index (χ1n) is 5.24. The molecule has 1 rings (SSSR count). The number of benzene rings is 1. The summed E-state index contributed by atoms with van der Waals surface area (Å²) < 4.78 is 36.2. The topological polar surface area (TPSA) is 101 Å². The molecule has 6 nitrogen and oxygen atoms in total. The van der Waals surface area contributed by atoms with Crippen LogP contribution in [0.4, 0.5) is 11.4 Å². The third-order valence-electron chi connectivity index (χ3n) is 2.31. The fraction of sp³-hybridized carbons (Fsp3) is 0.400. The maximum atomic E-state index is 11.5. The van der Waals surface area contributed by atoms with Gasteiger partial charge in [0.2, 0.25) is 10.0 Å². The standard InChI is InChI=1S/C10H17N3O3S2/c1-12-18(15,16)8-3-4-10(9(11)7-8)13-5-6-17(2)14/h3-4,7,12-13H,5-6,11H2,1-2H3. The molecule has 0 aromatic heterocycles. The Morgan fingerprint density at radius 2 is 2.06 bits per heavy atom. The molecule has 1 aromatic rings. The lowest BCUT2D eigenvalue weighted by Gasteiger charge is -2.10. The van der Waals surface area contributed by atoms with Gasteiger partial charge in [-0.1, -0.05) is 0 Å². The van der Waals surface area contributed by atoms with E-state index >= 15 is 0 Å². The van der Waals surface area contributed by atoms with Gasteiger partial charge < -0.3 is 11.1 Å². The predicted molar refractivity (Wildman–Crippen MR) is 74.5 cm³/mol. The molecule has 0 bridgehead atoms. The molecule has 102 valence electrons. The van der Waals surface area contributed by atoms with Crippen LogP contribution in [0.1, 0.15) is 0 Å². The van der Waals surface area contributed by atoms with Gasteiger partial charge in [0.05, 0.1) is 16.3 Å². The average molecular weight is 291 g/mol. The molecule has 1 aromatic carbocycles. The van der Waals surface area contributed by atoms with E-state index in [-0.39, 0.29) is 4.90 Å². The smallest absolute Gasteiger partial charge is 0.240 e. The summed E-state index contributed by atoms with van der Waals surface area (Å²) in [6, 6.07) is 4.45. The second-order valence-electron chi connectivity index (χ2n) is 3.66. The molecule has 0 spiro atoms. The van der Waals surface area contributed by atoms with Gasteiger partial charge in [-0.15, -0.1) is 0 Å². The van der Waals surface area contributed by atoms with Gasteiger partial charge in [0.15, 0.2) is 0 Å². The molecule has 0 fully saturated rings. The third-order valence-corrected chi connectivity index (χ3v) is 4.50. The highest BCUT2D eigenvalue weighted by Crippen LogP contribution is 2.22. The normalized spacial score (nSPS) is 13.2. The zero-order chi connectivity index (χ0) is 13.8. The number of sulfonamides is 1. The van der Waals surface area contributed by atoms with Crippen molar-refractivity contribution < 1.29 is 12.6 Å². The van der Waals surface area contributed by atoms with Crippen LogP contribution in [0, 0.1) is 0 Å². The summed E-state index contributed by atoms with van der Waals surface area (Å²) in [5.41, 5.74) is 6.73. The van der Waals surface area contributed by atoms with Crippen molar-refractivity contribution in [1.82, 2.24) is 4.72 Å². The predicted octanol–water partition coefficient (Wildman–Crippen LogP) is -0.0327. The maximum Gasteiger partial charge on any atom is 0.240 e. The Morgan fingerprint density at radius 3 is 2.56 bits per heavy atom. The Kier molecular flexibility index (Phi) is 5.12. The van der Waals surface area contributed by atoms with E-state index in [4.69, 9.17) is 5.73 Å². The van der Waals surface area contributed by atoms with Crippen LogP contribution in [-0.2, 0) is 20.8 Å². The molecular weight excluding hydrogens is 274 g/mol. The third kappa shape index (κ3) is 3.97. The fourth-order valence-corrected chi connectivity index (χ4v) is 2.47. The van der Waals surface area contributed by atoms with Crippen LogP contribution in [-0.4, -0.2) is 38.2 Å². The first-order chi connectivity index (χ1) is 8.36. The van der Waals surface area contributed by atoms with Crippen molar-refractivity contribution >= 4 is 32.2 Å². The Bertz CT molecular complexity index is 543. The number of hydrogen-bond donors (Lipinski definition) is 3. The lowest BCUT2D eigenvalue weighted by molar-refractivity contribution is 0.588. The van der Waals surface area contributed by atoms with E-state index in [1.54, 1.807) is 12.3 Å². The van der Waals surface area contributed by atoms with Crippen molar-refractivity contribution in [2.75, 3.05) is 36.7 Å². The Morgan fingerprint density at radius 1 is 1.39 bits per heavy atom. The van der Waals surface area contributed by atoms with Gasteiger partial charge in [0, 0.05) is 29.4 Å². The number of nitrogen functional groups attached to an aromatic ring is 1. The lowest BCUT2D eigenvalue weighted by Crippen LogP contribution is -2.19. The average Bonchev–Trinajstić information content (AvgIpc) is 2.30. The lowest BCUT2D eigenvalue weighted by atomic mass is 10.2. The molecule has 0 saturated heterocycles. The number of nitrogens with two attached hydrogens (primary N) is 1. The zero-order valence-corrected chi connectivity index (χ0v) is 11.9. The van der Waals surface area contributed by atoms with Crippen LogP contribution in [0.2, 0.25) is 0 Å². The molecule has 0 aliphatic heterocycles. The summed E-state index contributed by atoms with van der Waals surface area (Å²) >= 11 is 0. The second-order valence-corrected chi connectivity index (χ2v) is 7.10.